The van der Waals surface area contributed by atoms with Crippen LogP contribution in [0.1, 0.15) is 44.7 Å². The van der Waals surface area contributed by atoms with Crippen LogP contribution in [0.15, 0.2) is 54.6 Å². The van der Waals surface area contributed by atoms with Crippen molar-refractivity contribution in [3.05, 3.63) is 65.7 Å². The van der Waals surface area contributed by atoms with E-state index in [1.807, 2.05) is 30.3 Å². The number of anilines is 1. The fourth-order valence-electron chi connectivity index (χ4n) is 3.72. The highest BCUT2D eigenvalue weighted by Crippen LogP contribution is 2.26. The van der Waals surface area contributed by atoms with Gasteiger partial charge in [0.1, 0.15) is 0 Å². The minimum absolute atomic E-state index is 0.0446. The van der Waals surface area contributed by atoms with E-state index in [1.54, 1.807) is 0 Å². The van der Waals surface area contributed by atoms with Gasteiger partial charge in [0.25, 0.3) is 0 Å². The molecule has 1 fully saturated rings. The van der Waals surface area contributed by atoms with Gasteiger partial charge in [-0.3, -0.25) is 4.79 Å². The Bertz CT molecular complexity index is 757. The number of rotatable bonds is 5. The lowest BCUT2D eigenvalue weighted by atomic mass is 9.87. The zero-order valence-electron chi connectivity index (χ0n) is 17.3. The maximum absolute atomic E-state index is 12.4. The van der Waals surface area contributed by atoms with Crippen LogP contribution >= 0.6 is 0 Å². The Morgan fingerprint density at radius 2 is 1.68 bits per heavy atom. The lowest BCUT2D eigenvalue weighted by Gasteiger charge is -2.34. The van der Waals surface area contributed by atoms with Gasteiger partial charge in [-0.25, -0.2) is 0 Å². The maximum atomic E-state index is 12.4. The third kappa shape index (κ3) is 5.35. The first-order valence-electron chi connectivity index (χ1n) is 10.3. The molecule has 2 aromatic rings. The molecule has 2 aromatic carbocycles. The molecule has 1 saturated heterocycles. The molecule has 0 aromatic heterocycles. The minimum Gasteiger partial charge on any atom is -0.371 e. The molecule has 3 rings (SSSR count). The number of amides is 1. The standard InChI is InChI=1S/C24H33N3O/c1-24(2,3)19-9-11-21(12-10-19)27-15-13-20(14-16-27)26-23(28)22(25)17-18-7-5-4-6-8-18/h4-12,20,22H,13-17,25H2,1-3H3,(H,26,28). The predicted molar refractivity (Wildman–Crippen MR) is 117 cm³/mol. The van der Waals surface area contributed by atoms with E-state index in [-0.39, 0.29) is 17.4 Å². The number of nitrogens with one attached hydrogen (secondary N) is 1. The molecule has 4 heteroatoms. The van der Waals surface area contributed by atoms with Gasteiger partial charge in [0.05, 0.1) is 6.04 Å². The van der Waals surface area contributed by atoms with Crippen molar-refractivity contribution >= 4 is 11.6 Å². The molecular formula is C24H33N3O. The lowest BCUT2D eigenvalue weighted by Crippen LogP contribution is -2.50. The van der Waals surface area contributed by atoms with Crippen LogP contribution in [0.2, 0.25) is 0 Å². The summed E-state index contributed by atoms with van der Waals surface area (Å²) < 4.78 is 0. The number of hydrogen-bond donors (Lipinski definition) is 2. The summed E-state index contributed by atoms with van der Waals surface area (Å²) in [7, 11) is 0. The van der Waals surface area contributed by atoms with Crippen molar-refractivity contribution < 1.29 is 4.79 Å². The van der Waals surface area contributed by atoms with E-state index < -0.39 is 6.04 Å². The van der Waals surface area contributed by atoms with E-state index in [2.05, 4.69) is 55.3 Å². The fraction of sp³-hybridized carbons (Fsp3) is 0.458. The van der Waals surface area contributed by atoms with E-state index in [1.165, 1.54) is 11.3 Å². The zero-order chi connectivity index (χ0) is 20.1. The molecular weight excluding hydrogens is 346 g/mol. The van der Waals surface area contributed by atoms with E-state index in [0.717, 1.165) is 31.5 Å². The highest BCUT2D eigenvalue weighted by Gasteiger charge is 2.23. The molecule has 28 heavy (non-hydrogen) atoms. The van der Waals surface area contributed by atoms with Gasteiger partial charge in [-0.1, -0.05) is 63.2 Å². The van der Waals surface area contributed by atoms with Crippen molar-refractivity contribution in [1.29, 1.82) is 0 Å². The maximum Gasteiger partial charge on any atom is 0.237 e. The van der Waals surface area contributed by atoms with Crippen molar-refractivity contribution in [2.24, 2.45) is 5.73 Å². The normalized spacial score (nSPS) is 16.6. The quantitative estimate of drug-likeness (QED) is 0.834. The molecule has 0 radical (unpaired) electrons. The summed E-state index contributed by atoms with van der Waals surface area (Å²) in [6.07, 6.45) is 2.47. The molecule has 0 aliphatic carbocycles. The number of nitrogens with zero attached hydrogens (tertiary/aromatic N) is 1. The molecule has 0 spiro atoms. The van der Waals surface area contributed by atoms with Gasteiger partial charge in [0.2, 0.25) is 5.91 Å². The number of benzene rings is 2. The van der Waals surface area contributed by atoms with Crippen LogP contribution in [0.4, 0.5) is 5.69 Å². The topological polar surface area (TPSA) is 58.4 Å². The molecule has 0 saturated carbocycles. The van der Waals surface area contributed by atoms with Gasteiger partial charge < -0.3 is 16.0 Å². The van der Waals surface area contributed by atoms with E-state index in [0.29, 0.717) is 6.42 Å². The van der Waals surface area contributed by atoms with Crippen LogP contribution in [0.3, 0.4) is 0 Å². The van der Waals surface area contributed by atoms with Crippen molar-refractivity contribution in [2.45, 2.75) is 57.5 Å². The monoisotopic (exact) mass is 379 g/mol. The van der Waals surface area contributed by atoms with Gasteiger partial charge in [-0.2, -0.15) is 0 Å². The molecule has 1 atom stereocenters. The molecule has 1 amide bonds. The lowest BCUT2D eigenvalue weighted by molar-refractivity contribution is -0.123. The van der Waals surface area contributed by atoms with Gasteiger partial charge in [0.15, 0.2) is 0 Å². The zero-order valence-corrected chi connectivity index (χ0v) is 17.3. The predicted octanol–water partition coefficient (Wildman–Crippen LogP) is 3.64. The minimum atomic E-state index is -0.495. The van der Waals surface area contributed by atoms with Crippen molar-refractivity contribution in [3.63, 3.8) is 0 Å². The Balaban J connectivity index is 1.48. The van der Waals surface area contributed by atoms with Gasteiger partial charge in [-0.15, -0.1) is 0 Å². The van der Waals surface area contributed by atoms with Crippen molar-refractivity contribution in [3.8, 4) is 0 Å². The molecule has 1 aliphatic rings. The molecule has 1 unspecified atom stereocenters. The Morgan fingerprint density at radius 1 is 1.07 bits per heavy atom. The molecule has 3 N–H and O–H groups in total. The van der Waals surface area contributed by atoms with Gasteiger partial charge >= 0.3 is 0 Å². The van der Waals surface area contributed by atoms with Crippen LogP contribution in [-0.4, -0.2) is 31.1 Å². The average Bonchev–Trinajstić information content (AvgIpc) is 2.69. The van der Waals surface area contributed by atoms with Crippen LogP contribution in [0, 0.1) is 0 Å². The second-order valence-electron chi connectivity index (χ2n) is 8.86. The summed E-state index contributed by atoms with van der Waals surface area (Å²) in [6.45, 7) is 8.61. The average molecular weight is 380 g/mol. The Labute approximate surface area is 169 Å². The molecule has 4 nitrogen and oxygen atoms in total. The van der Waals surface area contributed by atoms with Crippen molar-refractivity contribution in [1.82, 2.24) is 5.32 Å². The van der Waals surface area contributed by atoms with Crippen LogP contribution in [0.5, 0.6) is 0 Å². The van der Waals surface area contributed by atoms with Crippen LogP contribution in [-0.2, 0) is 16.6 Å². The number of hydrogen-bond acceptors (Lipinski definition) is 3. The van der Waals surface area contributed by atoms with E-state index >= 15 is 0 Å². The molecule has 1 heterocycles. The number of piperidine rings is 1. The summed E-state index contributed by atoms with van der Waals surface area (Å²) in [6, 6.07) is 18.5. The number of nitrogens with two attached hydrogens (primary N) is 1. The second kappa shape index (κ2) is 8.78. The van der Waals surface area contributed by atoms with E-state index in [4.69, 9.17) is 5.73 Å². The Kier molecular flexibility index (Phi) is 6.40. The highest BCUT2D eigenvalue weighted by atomic mass is 16.2. The molecule has 0 bridgehead atoms. The van der Waals surface area contributed by atoms with Crippen LogP contribution < -0.4 is 16.0 Å². The smallest absolute Gasteiger partial charge is 0.237 e. The number of carbonyl (C=O) groups is 1. The van der Waals surface area contributed by atoms with Gasteiger partial charge in [-0.05, 0) is 47.9 Å². The third-order valence-corrected chi connectivity index (χ3v) is 5.58. The first-order valence-corrected chi connectivity index (χ1v) is 10.3. The summed E-state index contributed by atoms with van der Waals surface area (Å²) in [5, 5.41) is 3.15. The highest BCUT2D eigenvalue weighted by molar-refractivity contribution is 5.82. The van der Waals surface area contributed by atoms with Gasteiger partial charge in [0, 0.05) is 24.8 Å². The third-order valence-electron chi connectivity index (χ3n) is 5.58. The summed E-state index contributed by atoms with van der Waals surface area (Å²) in [5.74, 6) is -0.0446. The summed E-state index contributed by atoms with van der Waals surface area (Å²) in [5.41, 5.74) is 10.00. The first-order chi connectivity index (χ1) is 13.3. The Morgan fingerprint density at radius 3 is 2.25 bits per heavy atom. The first kappa shape index (κ1) is 20.4. The SMILES string of the molecule is CC(C)(C)c1ccc(N2CCC(NC(=O)C(N)Cc3ccccc3)CC2)cc1. The van der Waals surface area contributed by atoms with Crippen molar-refractivity contribution in [2.75, 3.05) is 18.0 Å². The second-order valence-corrected chi connectivity index (χ2v) is 8.86. The fourth-order valence-corrected chi connectivity index (χ4v) is 3.72. The largest absolute Gasteiger partial charge is 0.371 e. The Hall–Kier alpha value is -2.33. The van der Waals surface area contributed by atoms with E-state index in [9.17, 15) is 4.79 Å². The van der Waals surface area contributed by atoms with Crippen LogP contribution in [0.25, 0.3) is 0 Å². The summed E-state index contributed by atoms with van der Waals surface area (Å²) >= 11 is 0. The summed E-state index contributed by atoms with van der Waals surface area (Å²) in [4.78, 5) is 14.9. The molecule has 150 valence electrons. The number of carbonyl (C=O) groups excluding carboxylic acids is 1. The molecule has 1 aliphatic heterocycles.